The summed E-state index contributed by atoms with van der Waals surface area (Å²) >= 11 is 6.13. The number of benzene rings is 3. The molecule has 0 amide bonds. The highest BCUT2D eigenvalue weighted by Crippen LogP contribution is 2.35. The van der Waals surface area contributed by atoms with Crippen LogP contribution in [0.4, 0.5) is 0 Å². The smallest absolute Gasteiger partial charge is 0.0963 e. The van der Waals surface area contributed by atoms with Crippen LogP contribution in [-0.2, 0) is 0 Å². The molecule has 4 rings (SSSR count). The van der Waals surface area contributed by atoms with E-state index in [2.05, 4.69) is 71.0 Å². The minimum Gasteiger partial charge on any atom is -0.232 e. The maximum Gasteiger partial charge on any atom is 0.0963 e. The first-order valence-corrected chi connectivity index (χ1v) is 10.2. The number of hydrogen-bond donors (Lipinski definition) is 0. The van der Waals surface area contributed by atoms with Gasteiger partial charge in [0.05, 0.1) is 17.1 Å². The minimum atomic E-state index is 0.722. The van der Waals surface area contributed by atoms with E-state index >= 15 is 0 Å². The summed E-state index contributed by atoms with van der Waals surface area (Å²) in [6.45, 7) is 10.7. The first-order chi connectivity index (χ1) is 13.8. The Morgan fingerprint density at radius 2 is 1.21 bits per heavy atom. The van der Waals surface area contributed by atoms with Crippen LogP contribution in [0.25, 0.3) is 28.2 Å². The van der Waals surface area contributed by atoms with Crippen molar-refractivity contribution in [1.29, 1.82) is 0 Å². The molecule has 0 saturated heterocycles. The highest BCUT2D eigenvalue weighted by Gasteiger charge is 2.19. The molecule has 2 nitrogen and oxygen atoms in total. The van der Waals surface area contributed by atoms with E-state index < -0.39 is 0 Å². The monoisotopic (exact) mass is 400 g/mol. The molecule has 0 atom stereocenters. The van der Waals surface area contributed by atoms with Crippen molar-refractivity contribution in [3.8, 4) is 28.2 Å². The molecule has 0 unspecified atom stereocenters. The number of aromatic nitrogens is 2. The van der Waals surface area contributed by atoms with Crippen molar-refractivity contribution in [2.45, 2.75) is 34.6 Å². The van der Waals surface area contributed by atoms with E-state index in [-0.39, 0.29) is 0 Å². The molecule has 0 spiro atoms. The van der Waals surface area contributed by atoms with Crippen LogP contribution in [0.2, 0.25) is 5.02 Å². The molecular weight excluding hydrogens is 376 g/mol. The standard InChI is InChI=1S/C26H25ClN2/c1-16-6-8-21(14-18(16)3)25-20(5)26(22-9-7-17(2)19(4)15-22)29(28-25)24-12-10-23(27)11-13-24/h6-15H,1-5H3. The Hall–Kier alpha value is -2.84. The summed E-state index contributed by atoms with van der Waals surface area (Å²) in [4.78, 5) is 0. The Bertz CT molecular complexity index is 1200. The lowest BCUT2D eigenvalue weighted by Crippen LogP contribution is -2.00. The lowest BCUT2D eigenvalue weighted by atomic mass is 9.98. The van der Waals surface area contributed by atoms with Crippen LogP contribution < -0.4 is 0 Å². The van der Waals surface area contributed by atoms with E-state index in [1.807, 2.05) is 28.9 Å². The number of rotatable bonds is 3. The average Bonchev–Trinajstić information content (AvgIpc) is 3.04. The van der Waals surface area contributed by atoms with Gasteiger partial charge in [0.15, 0.2) is 0 Å². The van der Waals surface area contributed by atoms with E-state index in [0.29, 0.717) is 0 Å². The van der Waals surface area contributed by atoms with Crippen LogP contribution in [0.5, 0.6) is 0 Å². The topological polar surface area (TPSA) is 17.8 Å². The van der Waals surface area contributed by atoms with Crippen LogP contribution in [0.3, 0.4) is 0 Å². The molecule has 0 fully saturated rings. The quantitative estimate of drug-likeness (QED) is 0.350. The summed E-state index contributed by atoms with van der Waals surface area (Å²) in [6, 6.07) is 21.0. The molecule has 0 saturated carbocycles. The van der Waals surface area contributed by atoms with Gasteiger partial charge in [-0.2, -0.15) is 5.10 Å². The summed E-state index contributed by atoms with van der Waals surface area (Å²) in [5.41, 5.74) is 11.7. The number of halogens is 1. The van der Waals surface area contributed by atoms with Crippen LogP contribution >= 0.6 is 11.6 Å². The fraction of sp³-hybridized carbons (Fsp3) is 0.192. The lowest BCUT2D eigenvalue weighted by molar-refractivity contribution is 0.891. The predicted molar refractivity (Wildman–Crippen MR) is 123 cm³/mol. The van der Waals surface area contributed by atoms with Crippen molar-refractivity contribution < 1.29 is 0 Å². The second kappa shape index (κ2) is 7.53. The van der Waals surface area contributed by atoms with Gasteiger partial charge in [0, 0.05) is 21.7 Å². The van der Waals surface area contributed by atoms with Gasteiger partial charge < -0.3 is 0 Å². The molecule has 0 N–H and O–H groups in total. The number of nitrogens with zero attached hydrogens (tertiary/aromatic N) is 2. The van der Waals surface area contributed by atoms with Gasteiger partial charge in [0.1, 0.15) is 0 Å². The average molecular weight is 401 g/mol. The van der Waals surface area contributed by atoms with Crippen molar-refractivity contribution in [1.82, 2.24) is 9.78 Å². The van der Waals surface area contributed by atoms with Crippen molar-refractivity contribution >= 4 is 11.6 Å². The Labute approximate surface area is 177 Å². The largest absolute Gasteiger partial charge is 0.232 e. The van der Waals surface area contributed by atoms with E-state index in [4.69, 9.17) is 16.7 Å². The van der Waals surface area contributed by atoms with Crippen LogP contribution in [0.15, 0.2) is 60.7 Å². The van der Waals surface area contributed by atoms with Crippen molar-refractivity contribution in [2.75, 3.05) is 0 Å². The third-order valence-corrected chi connectivity index (χ3v) is 6.01. The first kappa shape index (κ1) is 19.5. The van der Waals surface area contributed by atoms with Gasteiger partial charge in [-0.25, -0.2) is 4.68 Å². The molecule has 0 radical (unpaired) electrons. The molecule has 1 heterocycles. The Kier molecular flexibility index (Phi) is 5.06. The van der Waals surface area contributed by atoms with Crippen LogP contribution in [-0.4, -0.2) is 9.78 Å². The van der Waals surface area contributed by atoms with Gasteiger partial charge in [0.2, 0.25) is 0 Å². The molecule has 0 bridgehead atoms. The highest BCUT2D eigenvalue weighted by molar-refractivity contribution is 6.30. The van der Waals surface area contributed by atoms with Crippen LogP contribution in [0.1, 0.15) is 27.8 Å². The zero-order valence-electron chi connectivity index (χ0n) is 17.5. The van der Waals surface area contributed by atoms with Gasteiger partial charge in [-0.15, -0.1) is 0 Å². The highest BCUT2D eigenvalue weighted by atomic mass is 35.5. The third-order valence-electron chi connectivity index (χ3n) is 5.75. The van der Waals surface area contributed by atoms with Gasteiger partial charge in [-0.1, -0.05) is 35.9 Å². The van der Waals surface area contributed by atoms with E-state index in [1.165, 1.54) is 33.4 Å². The third kappa shape index (κ3) is 3.61. The Morgan fingerprint density at radius 1 is 0.655 bits per heavy atom. The molecule has 29 heavy (non-hydrogen) atoms. The Morgan fingerprint density at radius 3 is 1.79 bits per heavy atom. The summed E-state index contributed by atoms with van der Waals surface area (Å²) < 4.78 is 2.04. The van der Waals surface area contributed by atoms with Gasteiger partial charge >= 0.3 is 0 Å². The molecule has 3 heteroatoms. The van der Waals surface area contributed by atoms with E-state index in [9.17, 15) is 0 Å². The number of aryl methyl sites for hydroxylation is 4. The zero-order chi connectivity index (χ0) is 20.7. The van der Waals surface area contributed by atoms with Crippen molar-refractivity contribution in [3.63, 3.8) is 0 Å². The molecule has 1 aromatic heterocycles. The van der Waals surface area contributed by atoms with Crippen molar-refractivity contribution in [3.05, 3.63) is 93.5 Å². The molecule has 4 aromatic rings. The lowest BCUT2D eigenvalue weighted by Gasteiger charge is -2.11. The molecule has 3 aromatic carbocycles. The summed E-state index contributed by atoms with van der Waals surface area (Å²) in [7, 11) is 0. The minimum absolute atomic E-state index is 0.722. The number of hydrogen-bond acceptors (Lipinski definition) is 1. The maximum atomic E-state index is 6.13. The van der Waals surface area contributed by atoms with Gasteiger partial charge in [-0.05, 0) is 93.3 Å². The van der Waals surface area contributed by atoms with E-state index in [1.54, 1.807) is 0 Å². The molecule has 146 valence electrons. The molecule has 0 aliphatic rings. The maximum absolute atomic E-state index is 6.13. The summed E-state index contributed by atoms with van der Waals surface area (Å²) in [6.07, 6.45) is 0. The zero-order valence-corrected chi connectivity index (χ0v) is 18.3. The SMILES string of the molecule is Cc1ccc(-c2nn(-c3ccc(Cl)cc3)c(-c3ccc(C)c(C)c3)c2C)cc1C. The molecule has 0 aliphatic heterocycles. The predicted octanol–water partition coefficient (Wildman–Crippen LogP) is 7.40. The van der Waals surface area contributed by atoms with E-state index in [0.717, 1.165) is 27.7 Å². The second-order valence-corrected chi connectivity index (χ2v) is 8.24. The summed E-state index contributed by atoms with van der Waals surface area (Å²) in [5.74, 6) is 0. The fourth-order valence-electron chi connectivity index (χ4n) is 3.66. The summed E-state index contributed by atoms with van der Waals surface area (Å²) in [5, 5.41) is 5.77. The van der Waals surface area contributed by atoms with Gasteiger partial charge in [0.25, 0.3) is 0 Å². The Balaban J connectivity index is 1.98. The second-order valence-electron chi connectivity index (χ2n) is 7.81. The van der Waals surface area contributed by atoms with Crippen molar-refractivity contribution in [2.24, 2.45) is 0 Å². The van der Waals surface area contributed by atoms with Crippen LogP contribution in [0, 0.1) is 34.6 Å². The molecule has 0 aliphatic carbocycles. The normalized spacial score (nSPS) is 11.1. The first-order valence-electron chi connectivity index (χ1n) is 9.86. The molecular formula is C26H25ClN2. The fourth-order valence-corrected chi connectivity index (χ4v) is 3.78. The van der Waals surface area contributed by atoms with Gasteiger partial charge in [-0.3, -0.25) is 0 Å².